The van der Waals surface area contributed by atoms with Crippen LogP contribution in [0.5, 0.6) is 0 Å². The quantitative estimate of drug-likeness (QED) is 0.436. The van der Waals surface area contributed by atoms with E-state index < -0.39 is 0 Å². The van der Waals surface area contributed by atoms with Crippen molar-refractivity contribution in [3.63, 3.8) is 0 Å². The summed E-state index contributed by atoms with van der Waals surface area (Å²) in [6.45, 7) is 0. The minimum Gasteiger partial charge on any atom is -0.350 e. The van der Waals surface area contributed by atoms with Gasteiger partial charge in [0.1, 0.15) is 0 Å². The summed E-state index contributed by atoms with van der Waals surface area (Å²) in [7, 11) is 0. The van der Waals surface area contributed by atoms with E-state index in [1.54, 1.807) is 18.6 Å². The first-order chi connectivity index (χ1) is 13.7. The Morgan fingerprint density at radius 2 is 1.93 bits per heavy atom. The predicted octanol–water partition coefficient (Wildman–Crippen LogP) is 2.54. The molecule has 0 spiro atoms. The van der Waals surface area contributed by atoms with Gasteiger partial charge in [-0.2, -0.15) is 0 Å². The van der Waals surface area contributed by atoms with Crippen molar-refractivity contribution in [2.45, 2.75) is 37.8 Å². The number of H-pyrrole nitrogens is 2. The van der Waals surface area contributed by atoms with Crippen LogP contribution in [0.1, 0.15) is 25.7 Å². The first-order valence-corrected chi connectivity index (χ1v) is 9.53. The number of nitrogens with two attached hydrogens (primary N) is 1. The number of imidazole rings is 1. The zero-order valence-electron chi connectivity index (χ0n) is 15.3. The molecule has 1 fully saturated rings. The second-order valence-corrected chi connectivity index (χ2v) is 7.36. The van der Waals surface area contributed by atoms with Gasteiger partial charge in [-0.3, -0.25) is 4.98 Å². The molecule has 0 radical (unpaired) electrons. The summed E-state index contributed by atoms with van der Waals surface area (Å²) in [5.41, 5.74) is 10.2. The van der Waals surface area contributed by atoms with Gasteiger partial charge in [-0.15, -0.1) is 0 Å². The number of nitrogens with zero attached hydrogens (tertiary/aromatic N) is 3. The van der Waals surface area contributed by atoms with Crippen molar-refractivity contribution in [2.75, 3.05) is 5.32 Å². The molecule has 3 heterocycles. The molecule has 1 aliphatic rings. The van der Waals surface area contributed by atoms with E-state index >= 15 is 0 Å². The van der Waals surface area contributed by atoms with Crippen LogP contribution in [0.4, 0.5) is 5.95 Å². The molecule has 2 atom stereocenters. The SMILES string of the molecule is NC1CCCCC1Nc1ncc2cncc(-c3ccc4[nH]c(=O)[nH]c4c3)c2n1. The van der Waals surface area contributed by atoms with Crippen molar-refractivity contribution in [2.24, 2.45) is 5.73 Å². The molecular formula is C20H21N7O. The molecule has 0 saturated heterocycles. The molecule has 3 aromatic heterocycles. The number of pyridine rings is 1. The fourth-order valence-corrected chi connectivity index (χ4v) is 3.94. The zero-order chi connectivity index (χ0) is 19.1. The highest BCUT2D eigenvalue weighted by Gasteiger charge is 2.22. The first-order valence-electron chi connectivity index (χ1n) is 9.53. The summed E-state index contributed by atoms with van der Waals surface area (Å²) in [5, 5.41) is 4.27. The van der Waals surface area contributed by atoms with Crippen LogP contribution in [0, 0.1) is 0 Å². The van der Waals surface area contributed by atoms with Gasteiger partial charge in [0.2, 0.25) is 5.95 Å². The largest absolute Gasteiger partial charge is 0.350 e. The van der Waals surface area contributed by atoms with Gasteiger partial charge in [0.25, 0.3) is 0 Å². The Morgan fingerprint density at radius 3 is 2.82 bits per heavy atom. The van der Waals surface area contributed by atoms with E-state index in [0.29, 0.717) is 5.95 Å². The third-order valence-electron chi connectivity index (χ3n) is 5.45. The van der Waals surface area contributed by atoms with Gasteiger partial charge < -0.3 is 21.0 Å². The molecule has 8 heteroatoms. The molecule has 2 unspecified atom stereocenters. The van der Waals surface area contributed by atoms with E-state index in [1.165, 1.54) is 12.8 Å². The Morgan fingerprint density at radius 1 is 1.07 bits per heavy atom. The monoisotopic (exact) mass is 375 g/mol. The number of benzene rings is 1. The summed E-state index contributed by atoms with van der Waals surface area (Å²) in [4.78, 5) is 30.7. The maximum absolute atomic E-state index is 11.5. The number of nitrogens with one attached hydrogen (secondary N) is 3. The predicted molar refractivity (Wildman–Crippen MR) is 109 cm³/mol. The van der Waals surface area contributed by atoms with E-state index in [0.717, 1.165) is 45.9 Å². The average molecular weight is 375 g/mol. The fourth-order valence-electron chi connectivity index (χ4n) is 3.94. The Hall–Kier alpha value is -3.26. The molecule has 28 heavy (non-hydrogen) atoms. The van der Waals surface area contributed by atoms with Crippen LogP contribution in [-0.2, 0) is 0 Å². The number of fused-ring (bicyclic) bond motifs is 2. The molecule has 4 aromatic rings. The molecule has 1 aromatic carbocycles. The summed E-state index contributed by atoms with van der Waals surface area (Å²) in [5.74, 6) is 0.582. The molecule has 1 saturated carbocycles. The summed E-state index contributed by atoms with van der Waals surface area (Å²) >= 11 is 0. The van der Waals surface area contributed by atoms with E-state index in [-0.39, 0.29) is 17.8 Å². The van der Waals surface area contributed by atoms with Crippen LogP contribution < -0.4 is 16.7 Å². The number of anilines is 1. The number of hydrogen-bond acceptors (Lipinski definition) is 6. The lowest BCUT2D eigenvalue weighted by atomic mass is 9.91. The number of aromatic nitrogens is 5. The van der Waals surface area contributed by atoms with Crippen LogP contribution in [0.2, 0.25) is 0 Å². The molecule has 0 bridgehead atoms. The minimum absolute atomic E-state index is 0.123. The van der Waals surface area contributed by atoms with Crippen molar-refractivity contribution in [1.29, 1.82) is 0 Å². The molecule has 142 valence electrons. The summed E-state index contributed by atoms with van der Waals surface area (Å²) in [6, 6.07) is 6.07. The number of hydrogen-bond donors (Lipinski definition) is 4. The van der Waals surface area contributed by atoms with Crippen LogP contribution >= 0.6 is 0 Å². The highest BCUT2D eigenvalue weighted by molar-refractivity contribution is 5.94. The van der Waals surface area contributed by atoms with Gasteiger partial charge in [-0.25, -0.2) is 14.8 Å². The highest BCUT2D eigenvalue weighted by Crippen LogP contribution is 2.29. The molecule has 0 aliphatic heterocycles. The lowest BCUT2D eigenvalue weighted by Crippen LogP contribution is -2.42. The van der Waals surface area contributed by atoms with E-state index in [1.807, 2.05) is 18.2 Å². The molecule has 0 amide bonds. The number of rotatable bonds is 3. The van der Waals surface area contributed by atoms with Crippen molar-refractivity contribution >= 4 is 27.9 Å². The Balaban J connectivity index is 1.57. The van der Waals surface area contributed by atoms with Gasteiger partial charge in [-0.1, -0.05) is 18.9 Å². The van der Waals surface area contributed by atoms with Crippen molar-refractivity contribution in [3.8, 4) is 11.1 Å². The van der Waals surface area contributed by atoms with Gasteiger partial charge >= 0.3 is 5.69 Å². The fraction of sp³-hybridized carbons (Fsp3) is 0.300. The third-order valence-corrected chi connectivity index (χ3v) is 5.45. The molecule has 5 rings (SSSR count). The maximum Gasteiger partial charge on any atom is 0.323 e. The van der Waals surface area contributed by atoms with Crippen LogP contribution in [0.3, 0.4) is 0 Å². The molecule has 8 nitrogen and oxygen atoms in total. The molecule has 5 N–H and O–H groups in total. The topological polar surface area (TPSA) is 125 Å². The average Bonchev–Trinajstić information content (AvgIpc) is 3.08. The van der Waals surface area contributed by atoms with Crippen LogP contribution in [0.15, 0.2) is 41.6 Å². The second-order valence-electron chi connectivity index (χ2n) is 7.36. The van der Waals surface area contributed by atoms with Gasteiger partial charge in [0, 0.05) is 41.6 Å². The molecule has 1 aliphatic carbocycles. The van der Waals surface area contributed by atoms with E-state index in [4.69, 9.17) is 10.7 Å². The minimum atomic E-state index is -0.221. The second kappa shape index (κ2) is 6.72. The standard InChI is InChI=1S/C20H21N7O/c21-14-3-1-2-4-15(14)24-19-23-9-12-8-22-10-13(18(12)27-19)11-5-6-16-17(7-11)26-20(28)25-16/h5-10,14-15H,1-4,21H2,(H,23,24,27)(H2,25,26,28). The van der Waals surface area contributed by atoms with Crippen LogP contribution in [-0.4, -0.2) is 37.0 Å². The van der Waals surface area contributed by atoms with Crippen molar-refractivity contribution in [1.82, 2.24) is 24.9 Å². The molecular weight excluding hydrogens is 354 g/mol. The smallest absolute Gasteiger partial charge is 0.323 e. The van der Waals surface area contributed by atoms with E-state index in [2.05, 4.69) is 25.3 Å². The van der Waals surface area contributed by atoms with Crippen molar-refractivity contribution < 1.29 is 0 Å². The number of aromatic amines is 2. The summed E-state index contributed by atoms with van der Waals surface area (Å²) < 4.78 is 0. The van der Waals surface area contributed by atoms with Crippen molar-refractivity contribution in [3.05, 3.63) is 47.3 Å². The van der Waals surface area contributed by atoms with Gasteiger partial charge in [0.05, 0.1) is 16.6 Å². The van der Waals surface area contributed by atoms with Crippen LogP contribution in [0.25, 0.3) is 33.1 Å². The highest BCUT2D eigenvalue weighted by atomic mass is 16.1. The normalized spacial score (nSPS) is 19.9. The first kappa shape index (κ1) is 16.9. The summed E-state index contributed by atoms with van der Waals surface area (Å²) in [6.07, 6.45) is 9.73. The third kappa shape index (κ3) is 3.01. The lowest BCUT2D eigenvalue weighted by Gasteiger charge is -2.29. The Bertz CT molecular complexity index is 1210. The zero-order valence-corrected chi connectivity index (χ0v) is 15.3. The Labute approximate surface area is 160 Å². The lowest BCUT2D eigenvalue weighted by molar-refractivity contribution is 0.402. The maximum atomic E-state index is 11.5. The van der Waals surface area contributed by atoms with Gasteiger partial charge in [0.15, 0.2) is 0 Å². The van der Waals surface area contributed by atoms with Gasteiger partial charge in [-0.05, 0) is 30.5 Å². The van der Waals surface area contributed by atoms with E-state index in [9.17, 15) is 4.79 Å². The Kier molecular flexibility index (Phi) is 4.05.